The van der Waals surface area contributed by atoms with Gasteiger partial charge in [-0.15, -0.1) is 0 Å². The maximum Gasteiger partial charge on any atom is 0.241 e. The van der Waals surface area contributed by atoms with Gasteiger partial charge in [0.2, 0.25) is 11.8 Å². The van der Waals surface area contributed by atoms with Crippen molar-refractivity contribution in [2.45, 2.75) is 32.2 Å². The van der Waals surface area contributed by atoms with E-state index in [2.05, 4.69) is 12.2 Å². The molecule has 0 spiro atoms. The van der Waals surface area contributed by atoms with Crippen molar-refractivity contribution in [2.24, 2.45) is 5.92 Å². The molecule has 0 aromatic heterocycles. The zero-order chi connectivity index (χ0) is 18.4. The van der Waals surface area contributed by atoms with Crippen molar-refractivity contribution in [1.29, 1.82) is 0 Å². The summed E-state index contributed by atoms with van der Waals surface area (Å²) < 4.78 is 13.4. The Morgan fingerprint density at radius 2 is 2.00 bits per heavy atom. The van der Waals surface area contributed by atoms with Gasteiger partial charge in [0.1, 0.15) is 11.9 Å². The number of benzene rings is 1. The molecule has 1 aromatic carbocycles. The molecule has 0 radical (unpaired) electrons. The van der Waals surface area contributed by atoms with Crippen LogP contribution in [0.1, 0.15) is 37.8 Å². The number of piperidine rings is 1. The number of nitrogens with zero attached hydrogens (tertiary/aromatic N) is 2. The second kappa shape index (κ2) is 8.94. The molecule has 1 atom stereocenters. The van der Waals surface area contributed by atoms with Gasteiger partial charge in [-0.25, -0.2) is 4.39 Å². The number of likely N-dealkylation sites (N-methyl/N-ethyl adjacent to an activating group) is 1. The van der Waals surface area contributed by atoms with Crippen LogP contribution in [0.3, 0.4) is 0 Å². The maximum absolute atomic E-state index is 13.4. The van der Waals surface area contributed by atoms with E-state index in [1.54, 1.807) is 31.1 Å². The van der Waals surface area contributed by atoms with E-state index in [0.29, 0.717) is 24.4 Å². The van der Waals surface area contributed by atoms with Gasteiger partial charge in [-0.05, 0) is 50.6 Å². The SMILES string of the molecule is CC1CCN(C(=O)CCNC(=O)[C@@H](c2cccc(F)c2)N(C)C)CC1. The minimum Gasteiger partial charge on any atom is -0.354 e. The number of nitrogens with one attached hydrogen (secondary N) is 1. The van der Waals surface area contributed by atoms with Crippen LogP contribution in [0.4, 0.5) is 4.39 Å². The fourth-order valence-electron chi connectivity index (χ4n) is 3.17. The second-order valence-corrected chi connectivity index (χ2v) is 7.03. The van der Waals surface area contributed by atoms with Crippen molar-refractivity contribution in [1.82, 2.24) is 15.1 Å². The number of amides is 2. The van der Waals surface area contributed by atoms with Gasteiger partial charge in [-0.1, -0.05) is 19.1 Å². The first kappa shape index (κ1) is 19.4. The lowest BCUT2D eigenvalue weighted by Crippen LogP contribution is -2.41. The number of halogens is 1. The topological polar surface area (TPSA) is 52.7 Å². The Balaban J connectivity index is 1.86. The number of carbonyl (C=O) groups is 2. The summed E-state index contributed by atoms with van der Waals surface area (Å²) in [7, 11) is 3.55. The fraction of sp³-hybridized carbons (Fsp3) is 0.579. The molecular weight excluding hydrogens is 321 g/mol. The molecule has 1 aliphatic rings. The van der Waals surface area contributed by atoms with Crippen molar-refractivity contribution in [3.8, 4) is 0 Å². The number of hydrogen-bond acceptors (Lipinski definition) is 3. The van der Waals surface area contributed by atoms with Crippen LogP contribution in [0.2, 0.25) is 0 Å². The van der Waals surface area contributed by atoms with Crippen LogP contribution in [0.25, 0.3) is 0 Å². The zero-order valence-electron chi connectivity index (χ0n) is 15.3. The number of likely N-dealkylation sites (tertiary alicyclic amines) is 1. The molecule has 138 valence electrons. The molecule has 0 aliphatic carbocycles. The molecule has 1 saturated heterocycles. The van der Waals surface area contributed by atoms with Gasteiger partial charge in [0, 0.05) is 26.1 Å². The van der Waals surface area contributed by atoms with Crippen LogP contribution in [0.15, 0.2) is 24.3 Å². The Kier molecular flexibility index (Phi) is 6.93. The summed E-state index contributed by atoms with van der Waals surface area (Å²) in [5.41, 5.74) is 0.596. The van der Waals surface area contributed by atoms with Gasteiger partial charge in [0.25, 0.3) is 0 Å². The first-order valence-corrected chi connectivity index (χ1v) is 8.86. The third kappa shape index (κ3) is 5.53. The average Bonchev–Trinajstić information content (AvgIpc) is 2.55. The Morgan fingerprint density at radius 1 is 1.32 bits per heavy atom. The van der Waals surface area contributed by atoms with Crippen molar-refractivity contribution >= 4 is 11.8 Å². The minimum absolute atomic E-state index is 0.0827. The highest BCUT2D eigenvalue weighted by Crippen LogP contribution is 2.19. The van der Waals surface area contributed by atoms with Crippen LogP contribution in [-0.2, 0) is 9.59 Å². The van der Waals surface area contributed by atoms with Crippen molar-refractivity contribution in [3.05, 3.63) is 35.6 Å². The lowest BCUT2D eigenvalue weighted by Gasteiger charge is -2.30. The molecule has 1 fully saturated rings. The van der Waals surface area contributed by atoms with Crippen LogP contribution >= 0.6 is 0 Å². The number of rotatable bonds is 6. The van der Waals surface area contributed by atoms with E-state index in [9.17, 15) is 14.0 Å². The summed E-state index contributed by atoms with van der Waals surface area (Å²) in [6.07, 6.45) is 2.38. The van der Waals surface area contributed by atoms with Gasteiger partial charge in [0.05, 0.1) is 0 Å². The molecule has 5 nitrogen and oxygen atoms in total. The fourth-order valence-corrected chi connectivity index (χ4v) is 3.17. The lowest BCUT2D eigenvalue weighted by atomic mass is 9.99. The Bertz CT molecular complexity index is 598. The first-order valence-electron chi connectivity index (χ1n) is 8.86. The van der Waals surface area contributed by atoms with Crippen LogP contribution in [-0.4, -0.2) is 55.3 Å². The maximum atomic E-state index is 13.4. The Hall–Kier alpha value is -1.95. The number of hydrogen-bond donors (Lipinski definition) is 1. The molecule has 0 unspecified atom stereocenters. The van der Waals surface area contributed by atoms with E-state index in [0.717, 1.165) is 25.9 Å². The molecule has 2 amide bonds. The molecule has 2 rings (SSSR count). The normalized spacial score (nSPS) is 16.8. The van der Waals surface area contributed by atoms with Gasteiger partial charge in [0.15, 0.2) is 0 Å². The largest absolute Gasteiger partial charge is 0.354 e. The van der Waals surface area contributed by atoms with E-state index < -0.39 is 6.04 Å². The number of carbonyl (C=O) groups excluding carboxylic acids is 2. The molecule has 1 aliphatic heterocycles. The standard InChI is InChI=1S/C19H28FN3O2/c1-14-8-11-23(12-9-14)17(24)7-10-21-19(25)18(22(2)3)15-5-4-6-16(20)13-15/h4-6,13-14,18H,7-12H2,1-3H3,(H,21,25)/t18-/m1/s1. The second-order valence-electron chi connectivity index (χ2n) is 7.03. The predicted molar refractivity (Wildman–Crippen MR) is 95.4 cm³/mol. The lowest BCUT2D eigenvalue weighted by molar-refractivity contribution is -0.132. The summed E-state index contributed by atoms with van der Waals surface area (Å²) in [5.74, 6) is 0.164. The van der Waals surface area contributed by atoms with Gasteiger partial charge < -0.3 is 10.2 Å². The molecule has 1 heterocycles. The van der Waals surface area contributed by atoms with E-state index in [1.807, 2.05) is 4.90 Å². The van der Waals surface area contributed by atoms with Gasteiger partial charge in [-0.3, -0.25) is 14.5 Å². The third-order valence-corrected chi connectivity index (χ3v) is 4.70. The Morgan fingerprint density at radius 3 is 2.60 bits per heavy atom. The molecular formula is C19H28FN3O2. The minimum atomic E-state index is -0.582. The third-order valence-electron chi connectivity index (χ3n) is 4.70. The van der Waals surface area contributed by atoms with Gasteiger partial charge in [-0.2, -0.15) is 0 Å². The van der Waals surface area contributed by atoms with E-state index in [1.165, 1.54) is 12.1 Å². The highest BCUT2D eigenvalue weighted by atomic mass is 19.1. The van der Waals surface area contributed by atoms with Crippen molar-refractivity contribution in [3.63, 3.8) is 0 Å². The molecule has 0 saturated carbocycles. The first-order chi connectivity index (χ1) is 11.9. The molecule has 6 heteroatoms. The van der Waals surface area contributed by atoms with E-state index in [-0.39, 0.29) is 17.6 Å². The average molecular weight is 349 g/mol. The highest BCUT2D eigenvalue weighted by Gasteiger charge is 2.24. The molecule has 1 N–H and O–H groups in total. The Labute approximate surface area is 149 Å². The molecule has 0 bridgehead atoms. The monoisotopic (exact) mass is 349 g/mol. The summed E-state index contributed by atoms with van der Waals surface area (Å²) in [6.45, 7) is 4.11. The van der Waals surface area contributed by atoms with Crippen LogP contribution < -0.4 is 5.32 Å². The van der Waals surface area contributed by atoms with Crippen LogP contribution in [0, 0.1) is 11.7 Å². The molecule has 25 heavy (non-hydrogen) atoms. The summed E-state index contributed by atoms with van der Waals surface area (Å²) in [4.78, 5) is 28.3. The molecule has 1 aromatic rings. The van der Waals surface area contributed by atoms with Crippen molar-refractivity contribution in [2.75, 3.05) is 33.7 Å². The predicted octanol–water partition coefficient (Wildman–Crippen LogP) is 2.19. The van der Waals surface area contributed by atoms with E-state index >= 15 is 0 Å². The zero-order valence-corrected chi connectivity index (χ0v) is 15.3. The van der Waals surface area contributed by atoms with E-state index in [4.69, 9.17) is 0 Å². The highest BCUT2D eigenvalue weighted by molar-refractivity contribution is 5.84. The van der Waals surface area contributed by atoms with Crippen molar-refractivity contribution < 1.29 is 14.0 Å². The van der Waals surface area contributed by atoms with Gasteiger partial charge >= 0.3 is 0 Å². The quantitative estimate of drug-likeness (QED) is 0.857. The summed E-state index contributed by atoms with van der Waals surface area (Å²) in [6, 6.07) is 5.46. The summed E-state index contributed by atoms with van der Waals surface area (Å²) in [5, 5.41) is 2.81. The smallest absolute Gasteiger partial charge is 0.241 e. The van der Waals surface area contributed by atoms with Crippen LogP contribution in [0.5, 0.6) is 0 Å². The summed E-state index contributed by atoms with van der Waals surface area (Å²) >= 11 is 0.